The molecule has 1 unspecified atom stereocenters. The first-order valence-corrected chi connectivity index (χ1v) is 9.90. The number of piperazine rings is 1. The van der Waals surface area contributed by atoms with Gasteiger partial charge in [-0.15, -0.1) is 0 Å². The number of hydrogen-bond acceptors (Lipinski definition) is 5. The van der Waals surface area contributed by atoms with E-state index in [-0.39, 0.29) is 11.9 Å². The van der Waals surface area contributed by atoms with E-state index in [0.29, 0.717) is 13.2 Å². The summed E-state index contributed by atoms with van der Waals surface area (Å²) >= 11 is 0. The van der Waals surface area contributed by atoms with Gasteiger partial charge in [0.05, 0.1) is 0 Å². The molecule has 1 fully saturated rings. The van der Waals surface area contributed by atoms with Crippen molar-refractivity contribution in [2.24, 2.45) is 0 Å². The van der Waals surface area contributed by atoms with E-state index in [9.17, 15) is 4.79 Å². The molecule has 2 heterocycles. The smallest absolute Gasteiger partial charge is 0.244 e. The molecule has 2 aliphatic rings. The first kappa shape index (κ1) is 18.6. The van der Waals surface area contributed by atoms with Crippen LogP contribution in [0, 0.1) is 0 Å². The van der Waals surface area contributed by atoms with Crippen LogP contribution in [0.25, 0.3) is 0 Å². The highest BCUT2D eigenvalue weighted by molar-refractivity contribution is 5.84. The van der Waals surface area contributed by atoms with E-state index in [4.69, 9.17) is 9.47 Å². The summed E-state index contributed by atoms with van der Waals surface area (Å²) in [6.07, 6.45) is 0. The van der Waals surface area contributed by atoms with Crippen molar-refractivity contribution in [3.8, 4) is 11.5 Å². The second-order valence-corrected chi connectivity index (χ2v) is 7.31. The lowest BCUT2D eigenvalue weighted by Gasteiger charge is -2.36. The van der Waals surface area contributed by atoms with E-state index in [1.165, 1.54) is 5.56 Å². The van der Waals surface area contributed by atoms with Gasteiger partial charge >= 0.3 is 0 Å². The van der Waals surface area contributed by atoms with Crippen molar-refractivity contribution in [3.05, 3.63) is 54.1 Å². The van der Waals surface area contributed by atoms with Gasteiger partial charge in [-0.05, 0) is 24.6 Å². The Hall–Kier alpha value is -2.73. The third-order valence-electron chi connectivity index (χ3n) is 5.23. The molecule has 1 atom stereocenters. The highest BCUT2D eigenvalue weighted by atomic mass is 16.6. The Morgan fingerprint density at radius 2 is 1.71 bits per heavy atom. The predicted octanol–water partition coefficient (Wildman–Crippen LogP) is 2.60. The van der Waals surface area contributed by atoms with E-state index < -0.39 is 0 Å². The molecular weight excluding hydrogens is 354 g/mol. The number of nitrogens with zero attached hydrogens (tertiary/aromatic N) is 2. The molecule has 1 saturated heterocycles. The first-order valence-electron chi connectivity index (χ1n) is 9.90. The fourth-order valence-electron chi connectivity index (χ4n) is 3.69. The maximum atomic E-state index is 12.8. The number of carbonyl (C=O) groups excluding carboxylic acids is 1. The molecule has 6 heteroatoms. The van der Waals surface area contributed by atoms with Crippen LogP contribution < -0.4 is 14.8 Å². The maximum Gasteiger partial charge on any atom is 0.244 e. The zero-order chi connectivity index (χ0) is 19.3. The molecule has 0 spiro atoms. The Morgan fingerprint density at radius 1 is 1.00 bits per heavy atom. The van der Waals surface area contributed by atoms with Crippen molar-refractivity contribution in [1.29, 1.82) is 0 Å². The van der Waals surface area contributed by atoms with E-state index >= 15 is 0 Å². The fourth-order valence-corrected chi connectivity index (χ4v) is 3.69. The van der Waals surface area contributed by atoms with Gasteiger partial charge in [-0.25, -0.2) is 0 Å². The van der Waals surface area contributed by atoms with Gasteiger partial charge in [0.25, 0.3) is 0 Å². The standard InChI is InChI=1S/C22H27N3O3/c1-17(23-19-7-8-20-21(15-19)28-14-13-27-20)22(26)25-11-9-24(10-12-25)16-18-5-3-2-4-6-18/h2-8,15,17,23H,9-14,16H2,1H3. The average molecular weight is 381 g/mol. The molecule has 0 aromatic heterocycles. The number of amides is 1. The Morgan fingerprint density at radius 3 is 2.46 bits per heavy atom. The van der Waals surface area contributed by atoms with Crippen LogP contribution in [0.2, 0.25) is 0 Å². The first-order chi connectivity index (χ1) is 13.7. The van der Waals surface area contributed by atoms with Crippen LogP contribution in [-0.2, 0) is 11.3 Å². The second-order valence-electron chi connectivity index (χ2n) is 7.31. The Bertz CT molecular complexity index is 804. The largest absolute Gasteiger partial charge is 0.486 e. The highest BCUT2D eigenvalue weighted by Gasteiger charge is 2.25. The minimum Gasteiger partial charge on any atom is -0.486 e. The third kappa shape index (κ3) is 4.39. The summed E-state index contributed by atoms with van der Waals surface area (Å²) < 4.78 is 11.2. The molecular formula is C22H27N3O3. The molecule has 0 aliphatic carbocycles. The summed E-state index contributed by atoms with van der Waals surface area (Å²) in [6, 6.07) is 15.9. The molecule has 2 aromatic rings. The van der Waals surface area contributed by atoms with Crippen LogP contribution >= 0.6 is 0 Å². The minimum absolute atomic E-state index is 0.134. The average Bonchev–Trinajstić information content (AvgIpc) is 2.74. The van der Waals surface area contributed by atoms with E-state index in [2.05, 4.69) is 34.5 Å². The number of fused-ring (bicyclic) bond motifs is 1. The summed E-state index contributed by atoms with van der Waals surface area (Å²) in [7, 11) is 0. The van der Waals surface area contributed by atoms with Gasteiger partial charge in [-0.1, -0.05) is 30.3 Å². The van der Waals surface area contributed by atoms with E-state index in [0.717, 1.165) is 49.9 Å². The molecule has 0 saturated carbocycles. The number of rotatable bonds is 5. The lowest BCUT2D eigenvalue weighted by atomic mass is 10.2. The van der Waals surface area contributed by atoms with Gasteiger partial charge in [-0.2, -0.15) is 0 Å². The van der Waals surface area contributed by atoms with Gasteiger partial charge in [-0.3, -0.25) is 9.69 Å². The quantitative estimate of drug-likeness (QED) is 0.863. The topological polar surface area (TPSA) is 54.0 Å². The second kappa shape index (κ2) is 8.52. The fraction of sp³-hybridized carbons (Fsp3) is 0.409. The van der Waals surface area contributed by atoms with Crippen LogP contribution in [0.4, 0.5) is 5.69 Å². The number of carbonyl (C=O) groups is 1. The molecule has 6 nitrogen and oxygen atoms in total. The van der Waals surface area contributed by atoms with Gasteiger partial charge < -0.3 is 19.7 Å². The maximum absolute atomic E-state index is 12.8. The van der Waals surface area contributed by atoms with Crippen molar-refractivity contribution < 1.29 is 14.3 Å². The van der Waals surface area contributed by atoms with Crippen molar-refractivity contribution >= 4 is 11.6 Å². The van der Waals surface area contributed by atoms with Crippen molar-refractivity contribution in [2.75, 3.05) is 44.7 Å². The van der Waals surface area contributed by atoms with Crippen LogP contribution in [0.1, 0.15) is 12.5 Å². The summed E-state index contributed by atoms with van der Waals surface area (Å²) in [5.74, 6) is 1.62. The summed E-state index contributed by atoms with van der Waals surface area (Å²) in [5, 5.41) is 3.30. The van der Waals surface area contributed by atoms with Crippen LogP contribution in [0.3, 0.4) is 0 Å². The van der Waals surface area contributed by atoms with E-state index in [1.54, 1.807) is 0 Å². The number of ether oxygens (including phenoxy) is 2. The third-order valence-corrected chi connectivity index (χ3v) is 5.23. The van der Waals surface area contributed by atoms with Crippen LogP contribution in [0.15, 0.2) is 48.5 Å². The number of hydrogen-bond donors (Lipinski definition) is 1. The Balaban J connectivity index is 1.29. The SMILES string of the molecule is CC(Nc1ccc2c(c1)OCCO2)C(=O)N1CCN(Cc2ccccc2)CC1. The molecule has 2 aliphatic heterocycles. The number of anilines is 1. The summed E-state index contributed by atoms with van der Waals surface area (Å²) in [6.45, 7) is 7.30. The molecule has 0 radical (unpaired) electrons. The molecule has 0 bridgehead atoms. The predicted molar refractivity (Wildman–Crippen MR) is 109 cm³/mol. The molecule has 2 aromatic carbocycles. The number of nitrogens with one attached hydrogen (secondary N) is 1. The van der Waals surface area contributed by atoms with Gasteiger partial charge in [0.2, 0.25) is 5.91 Å². The monoisotopic (exact) mass is 381 g/mol. The van der Waals surface area contributed by atoms with Gasteiger partial charge in [0.15, 0.2) is 11.5 Å². The molecule has 28 heavy (non-hydrogen) atoms. The van der Waals surface area contributed by atoms with Crippen molar-refractivity contribution in [3.63, 3.8) is 0 Å². The normalized spacial score (nSPS) is 17.8. The lowest BCUT2D eigenvalue weighted by molar-refractivity contribution is -0.133. The summed E-state index contributed by atoms with van der Waals surface area (Å²) in [4.78, 5) is 17.2. The van der Waals surface area contributed by atoms with E-state index in [1.807, 2.05) is 36.1 Å². The number of benzene rings is 2. The van der Waals surface area contributed by atoms with Crippen LogP contribution in [0.5, 0.6) is 11.5 Å². The zero-order valence-electron chi connectivity index (χ0n) is 16.3. The van der Waals surface area contributed by atoms with Crippen LogP contribution in [-0.4, -0.2) is 61.1 Å². The molecule has 1 N–H and O–H groups in total. The minimum atomic E-state index is -0.289. The van der Waals surface area contributed by atoms with Crippen molar-refractivity contribution in [2.45, 2.75) is 19.5 Å². The molecule has 148 valence electrons. The van der Waals surface area contributed by atoms with Gasteiger partial charge in [0, 0.05) is 44.5 Å². The van der Waals surface area contributed by atoms with Gasteiger partial charge in [0.1, 0.15) is 19.3 Å². The Labute approximate surface area is 166 Å². The lowest BCUT2D eigenvalue weighted by Crippen LogP contribution is -2.51. The molecule has 4 rings (SSSR count). The zero-order valence-corrected chi connectivity index (χ0v) is 16.3. The Kier molecular flexibility index (Phi) is 5.67. The molecule has 1 amide bonds. The van der Waals surface area contributed by atoms with Crippen molar-refractivity contribution in [1.82, 2.24) is 9.80 Å². The summed E-state index contributed by atoms with van der Waals surface area (Å²) in [5.41, 5.74) is 2.18. The highest BCUT2D eigenvalue weighted by Crippen LogP contribution is 2.32.